The second kappa shape index (κ2) is 9.04. The molecule has 35 heavy (non-hydrogen) atoms. The van der Waals surface area contributed by atoms with E-state index in [-0.39, 0.29) is 29.3 Å². The summed E-state index contributed by atoms with van der Waals surface area (Å²) in [6.07, 6.45) is -2.56. The smallest absolute Gasteiger partial charge is 0.366 e. The van der Waals surface area contributed by atoms with Gasteiger partial charge in [-0.1, -0.05) is 0 Å². The minimum Gasteiger partial charge on any atom is -0.366 e. The van der Waals surface area contributed by atoms with Crippen LogP contribution in [0.4, 0.5) is 35.3 Å². The van der Waals surface area contributed by atoms with E-state index in [9.17, 15) is 27.6 Å². The highest BCUT2D eigenvalue weighted by atomic mass is 19.4. The molecule has 4 heterocycles. The van der Waals surface area contributed by atoms with Crippen molar-refractivity contribution in [2.45, 2.75) is 31.6 Å². The summed E-state index contributed by atoms with van der Waals surface area (Å²) in [4.78, 5) is 51.1. The lowest BCUT2D eigenvalue weighted by atomic mass is 10.1. The van der Waals surface area contributed by atoms with E-state index < -0.39 is 24.2 Å². The number of fused-ring (bicyclic) bond motifs is 4. The molecular formula is C22H24F3N7O3. The number of aromatic nitrogens is 2. The van der Waals surface area contributed by atoms with Crippen molar-refractivity contribution < 1.29 is 27.6 Å². The minimum absolute atomic E-state index is 0.151. The van der Waals surface area contributed by atoms with E-state index in [1.54, 1.807) is 20.2 Å². The molecule has 2 aliphatic heterocycles. The summed E-state index contributed by atoms with van der Waals surface area (Å²) in [6, 6.07) is 2.99. The van der Waals surface area contributed by atoms with Crippen LogP contribution in [0, 0.1) is 0 Å². The number of urea groups is 1. The van der Waals surface area contributed by atoms with Crippen LogP contribution in [0.25, 0.3) is 0 Å². The van der Waals surface area contributed by atoms with Crippen molar-refractivity contribution in [3.8, 4) is 0 Å². The second-order valence-corrected chi connectivity index (χ2v) is 8.59. The zero-order valence-corrected chi connectivity index (χ0v) is 19.3. The highest BCUT2D eigenvalue weighted by molar-refractivity contribution is 6.05. The van der Waals surface area contributed by atoms with Crippen molar-refractivity contribution in [2.24, 2.45) is 0 Å². The topological polar surface area (TPSA) is 111 Å². The van der Waals surface area contributed by atoms with Crippen molar-refractivity contribution in [2.75, 3.05) is 42.3 Å². The molecular weight excluding hydrogens is 467 g/mol. The van der Waals surface area contributed by atoms with Gasteiger partial charge in [-0.2, -0.15) is 13.2 Å². The predicted molar refractivity (Wildman–Crippen MR) is 122 cm³/mol. The number of halogens is 3. The van der Waals surface area contributed by atoms with Crippen molar-refractivity contribution in [3.63, 3.8) is 0 Å². The lowest BCUT2D eigenvalue weighted by Crippen LogP contribution is -2.49. The number of nitrogens with zero attached hydrogens (tertiary/aromatic N) is 5. The highest BCUT2D eigenvalue weighted by Crippen LogP contribution is 2.39. The number of rotatable bonds is 4. The zero-order chi connectivity index (χ0) is 25.5. The monoisotopic (exact) mass is 491 g/mol. The summed E-state index contributed by atoms with van der Waals surface area (Å²) in [6.45, 7) is 2.04. The molecule has 2 N–H and O–H groups in total. The second-order valence-electron chi connectivity index (χ2n) is 8.59. The molecule has 2 aromatic heterocycles. The van der Waals surface area contributed by atoms with Gasteiger partial charge in [-0.15, -0.1) is 0 Å². The highest BCUT2D eigenvalue weighted by Gasteiger charge is 2.41. The van der Waals surface area contributed by atoms with Gasteiger partial charge in [-0.3, -0.25) is 19.8 Å². The average molecular weight is 491 g/mol. The van der Waals surface area contributed by atoms with E-state index in [0.29, 0.717) is 30.8 Å². The van der Waals surface area contributed by atoms with Gasteiger partial charge < -0.3 is 15.1 Å². The van der Waals surface area contributed by atoms with Crippen molar-refractivity contribution in [3.05, 3.63) is 41.7 Å². The molecule has 0 saturated carbocycles. The van der Waals surface area contributed by atoms with Crippen molar-refractivity contribution >= 4 is 35.2 Å². The summed E-state index contributed by atoms with van der Waals surface area (Å²) in [5.74, 6) is -0.938. The van der Waals surface area contributed by atoms with E-state index in [2.05, 4.69) is 15.3 Å². The van der Waals surface area contributed by atoms with Gasteiger partial charge in [0, 0.05) is 38.9 Å². The molecule has 186 valence electrons. The molecule has 0 spiro atoms. The van der Waals surface area contributed by atoms with Crippen LogP contribution in [0.1, 0.15) is 34.2 Å². The number of pyridine rings is 2. The fourth-order valence-electron chi connectivity index (χ4n) is 4.01. The molecule has 2 atom stereocenters. The Labute approximate surface area is 199 Å². The lowest BCUT2D eigenvalue weighted by molar-refractivity contribution is -0.149. The number of carbonyl (C=O) groups is 3. The lowest BCUT2D eigenvalue weighted by Gasteiger charge is -2.35. The van der Waals surface area contributed by atoms with Crippen LogP contribution >= 0.6 is 0 Å². The Kier molecular flexibility index (Phi) is 6.26. The molecule has 0 aliphatic carbocycles. The number of hydrogen-bond acceptors (Lipinski definition) is 6. The number of nitrogens with one attached hydrogen (secondary N) is 2. The molecule has 2 bridgehead atoms. The molecule has 4 rings (SSSR count). The Hall–Kier alpha value is -3.90. The van der Waals surface area contributed by atoms with Gasteiger partial charge in [0.25, 0.3) is 11.8 Å². The summed E-state index contributed by atoms with van der Waals surface area (Å²) in [5, 5.41) is 4.55. The first-order chi connectivity index (χ1) is 16.5. The largest absolute Gasteiger partial charge is 0.408 e. The molecule has 2 aliphatic rings. The molecule has 13 heteroatoms. The third kappa shape index (κ3) is 4.84. The summed E-state index contributed by atoms with van der Waals surface area (Å²) in [5.41, 5.74) is 0.693. The Bertz CT molecular complexity index is 1170. The van der Waals surface area contributed by atoms with E-state index in [0.717, 1.165) is 6.92 Å². The molecule has 0 radical (unpaired) electrons. The third-order valence-electron chi connectivity index (χ3n) is 5.89. The van der Waals surface area contributed by atoms with Gasteiger partial charge in [0.15, 0.2) is 5.82 Å². The molecule has 1 fully saturated rings. The fraction of sp³-hybridized carbons (Fsp3) is 0.409. The molecule has 2 aromatic rings. The maximum absolute atomic E-state index is 13.3. The van der Waals surface area contributed by atoms with Gasteiger partial charge in [-0.25, -0.2) is 14.8 Å². The van der Waals surface area contributed by atoms with Gasteiger partial charge in [-0.05, 0) is 37.6 Å². The van der Waals surface area contributed by atoms with Crippen molar-refractivity contribution in [1.82, 2.24) is 20.2 Å². The fourth-order valence-corrected chi connectivity index (χ4v) is 4.01. The number of amides is 4. The molecule has 0 aromatic carbocycles. The Balaban J connectivity index is 1.61. The molecule has 1 saturated heterocycles. The van der Waals surface area contributed by atoms with E-state index >= 15 is 0 Å². The Morgan fingerprint density at radius 1 is 1.20 bits per heavy atom. The standard InChI is InChI=1S/C22H24F3N7O3/c1-12(22(23,24)25)27-19(33)15-4-5-16-18(28-15)32(14-7-9-31(16)11-14)21(35)29-17-10-13(6-8-26-17)20(34)30(2)3/h4-6,8,10,12,14H,7,9,11H2,1-3H3,(H,27,33)(H,26,29,35)/t12-,14+/m1/s1. The average Bonchev–Trinajstić information content (AvgIpc) is 3.21. The van der Waals surface area contributed by atoms with Gasteiger partial charge in [0.2, 0.25) is 0 Å². The normalized spacial score (nSPS) is 17.5. The van der Waals surface area contributed by atoms with E-state index in [1.165, 1.54) is 34.2 Å². The van der Waals surface area contributed by atoms with Crippen molar-refractivity contribution in [1.29, 1.82) is 0 Å². The SMILES string of the molecule is C[C@@H](NC(=O)c1ccc2c(n1)N(C(=O)Nc1cc(C(=O)N(C)C)ccn1)[C@H]1CCN2C1)C(F)(F)F. The third-order valence-corrected chi connectivity index (χ3v) is 5.89. The number of hydrogen-bond donors (Lipinski definition) is 2. The zero-order valence-electron chi connectivity index (χ0n) is 19.3. The molecule has 10 nitrogen and oxygen atoms in total. The first kappa shape index (κ1) is 24.2. The minimum atomic E-state index is -4.60. The van der Waals surface area contributed by atoms with Crippen LogP contribution in [0.2, 0.25) is 0 Å². The van der Waals surface area contributed by atoms with E-state index in [4.69, 9.17) is 0 Å². The summed E-state index contributed by atoms with van der Waals surface area (Å²) >= 11 is 0. The van der Waals surface area contributed by atoms with E-state index in [1.807, 2.05) is 10.2 Å². The molecule has 4 amide bonds. The molecule has 0 unspecified atom stereocenters. The number of carbonyl (C=O) groups excluding carboxylic acids is 3. The van der Waals surface area contributed by atoms with Gasteiger partial charge in [0.05, 0.1) is 11.7 Å². The van der Waals surface area contributed by atoms with Crippen LogP contribution in [-0.2, 0) is 0 Å². The van der Waals surface area contributed by atoms with Crippen LogP contribution in [-0.4, -0.2) is 78.2 Å². The predicted octanol–water partition coefficient (Wildman–Crippen LogP) is 2.49. The summed E-state index contributed by atoms with van der Waals surface area (Å²) in [7, 11) is 3.21. The quantitative estimate of drug-likeness (QED) is 0.680. The van der Waals surface area contributed by atoms with Crippen LogP contribution in [0.15, 0.2) is 30.5 Å². The Morgan fingerprint density at radius 2 is 1.94 bits per heavy atom. The first-order valence-corrected chi connectivity index (χ1v) is 10.9. The number of anilines is 3. The van der Waals surface area contributed by atoms with Crippen LogP contribution < -0.4 is 20.4 Å². The Morgan fingerprint density at radius 3 is 2.63 bits per heavy atom. The maximum Gasteiger partial charge on any atom is 0.408 e. The maximum atomic E-state index is 13.3. The number of alkyl halides is 3. The van der Waals surface area contributed by atoms with Crippen LogP contribution in [0.5, 0.6) is 0 Å². The van der Waals surface area contributed by atoms with Gasteiger partial charge >= 0.3 is 12.2 Å². The van der Waals surface area contributed by atoms with Crippen LogP contribution in [0.3, 0.4) is 0 Å². The van der Waals surface area contributed by atoms with Gasteiger partial charge in [0.1, 0.15) is 17.6 Å². The first-order valence-electron chi connectivity index (χ1n) is 10.9. The summed E-state index contributed by atoms with van der Waals surface area (Å²) < 4.78 is 38.6.